The van der Waals surface area contributed by atoms with Gasteiger partial charge in [0.15, 0.2) is 0 Å². The van der Waals surface area contributed by atoms with Gasteiger partial charge in [-0.05, 0) is 25.0 Å². The molecule has 15 heavy (non-hydrogen) atoms. The van der Waals surface area contributed by atoms with Crippen molar-refractivity contribution in [3.63, 3.8) is 0 Å². The molecule has 0 fully saturated rings. The Hall–Kier alpha value is -0.900. The highest BCUT2D eigenvalue weighted by atomic mass is 16.3. The summed E-state index contributed by atoms with van der Waals surface area (Å²) in [5.74, 6) is 0. The Labute approximate surface area is 90.8 Å². The number of rotatable bonds is 5. The Morgan fingerprint density at radius 2 is 1.80 bits per heavy atom. The average molecular weight is 209 g/mol. The van der Waals surface area contributed by atoms with Crippen LogP contribution in [0.1, 0.15) is 24.1 Å². The summed E-state index contributed by atoms with van der Waals surface area (Å²) in [6.45, 7) is 3.99. The molecule has 0 aliphatic rings. The zero-order chi connectivity index (χ0) is 11.3. The Kier molecular flexibility index (Phi) is 4.75. The Balaban J connectivity index is 2.68. The van der Waals surface area contributed by atoms with Gasteiger partial charge in [0.25, 0.3) is 0 Å². The smallest absolute Gasteiger partial charge is 0.0607 e. The first-order valence-electron chi connectivity index (χ1n) is 5.22. The molecule has 84 valence electrons. The first-order valence-corrected chi connectivity index (χ1v) is 5.22. The fourth-order valence-corrected chi connectivity index (χ4v) is 1.68. The Morgan fingerprint density at radius 3 is 2.33 bits per heavy atom. The first-order chi connectivity index (χ1) is 7.19. The van der Waals surface area contributed by atoms with Crippen LogP contribution in [0, 0.1) is 6.92 Å². The monoisotopic (exact) mass is 209 g/mol. The van der Waals surface area contributed by atoms with Crippen molar-refractivity contribution in [3.8, 4) is 0 Å². The fourth-order valence-electron chi connectivity index (χ4n) is 1.68. The normalized spacial score (nSPS) is 13.1. The van der Waals surface area contributed by atoms with Gasteiger partial charge in [0.1, 0.15) is 0 Å². The molecule has 1 rings (SSSR count). The predicted octanol–water partition coefficient (Wildman–Crippen LogP) is 0.999. The van der Waals surface area contributed by atoms with Crippen molar-refractivity contribution in [1.82, 2.24) is 5.32 Å². The molecule has 1 aromatic rings. The second-order valence-electron chi connectivity index (χ2n) is 3.81. The lowest BCUT2D eigenvalue weighted by molar-refractivity contribution is 0.163. The van der Waals surface area contributed by atoms with Gasteiger partial charge in [-0.15, -0.1) is 0 Å². The van der Waals surface area contributed by atoms with Crippen molar-refractivity contribution in [3.05, 3.63) is 35.4 Å². The van der Waals surface area contributed by atoms with Crippen molar-refractivity contribution >= 4 is 0 Å². The molecule has 1 atom stereocenters. The summed E-state index contributed by atoms with van der Waals surface area (Å²) in [5, 5.41) is 21.1. The standard InChI is InChI=1S/C12H19NO2/c1-9-5-3-4-6-12(9)10(2)13-11(7-14)8-15/h3-6,10-11,13-15H,7-8H2,1-2H3. The molecule has 0 aliphatic heterocycles. The van der Waals surface area contributed by atoms with Crippen LogP contribution in [0.25, 0.3) is 0 Å². The summed E-state index contributed by atoms with van der Waals surface area (Å²) in [7, 11) is 0. The van der Waals surface area contributed by atoms with Gasteiger partial charge in [0.05, 0.1) is 19.3 Å². The third-order valence-corrected chi connectivity index (χ3v) is 2.58. The van der Waals surface area contributed by atoms with Crippen molar-refractivity contribution in [1.29, 1.82) is 0 Å². The number of aliphatic hydroxyl groups excluding tert-OH is 2. The minimum atomic E-state index is -0.250. The zero-order valence-electron chi connectivity index (χ0n) is 9.27. The lowest BCUT2D eigenvalue weighted by Gasteiger charge is -2.21. The summed E-state index contributed by atoms with van der Waals surface area (Å²) in [5.41, 5.74) is 2.41. The summed E-state index contributed by atoms with van der Waals surface area (Å²) < 4.78 is 0. The van der Waals surface area contributed by atoms with Crippen molar-refractivity contribution in [2.75, 3.05) is 13.2 Å². The van der Waals surface area contributed by atoms with Gasteiger partial charge in [-0.2, -0.15) is 0 Å². The van der Waals surface area contributed by atoms with E-state index in [9.17, 15) is 0 Å². The number of hydrogen-bond donors (Lipinski definition) is 3. The highest BCUT2D eigenvalue weighted by molar-refractivity contribution is 5.28. The molecule has 3 nitrogen and oxygen atoms in total. The molecule has 0 saturated heterocycles. The van der Waals surface area contributed by atoms with E-state index in [1.165, 1.54) is 11.1 Å². The second kappa shape index (κ2) is 5.85. The molecule has 0 radical (unpaired) electrons. The van der Waals surface area contributed by atoms with Gasteiger partial charge < -0.3 is 15.5 Å². The summed E-state index contributed by atoms with van der Waals surface area (Å²) in [6.07, 6.45) is 0. The maximum absolute atomic E-state index is 8.97. The van der Waals surface area contributed by atoms with Crippen LogP contribution in [0.2, 0.25) is 0 Å². The minimum Gasteiger partial charge on any atom is -0.395 e. The third-order valence-electron chi connectivity index (χ3n) is 2.58. The van der Waals surface area contributed by atoms with Crippen molar-refractivity contribution in [2.45, 2.75) is 25.9 Å². The average Bonchev–Trinajstić information content (AvgIpc) is 2.26. The lowest BCUT2D eigenvalue weighted by Crippen LogP contribution is -2.37. The molecule has 0 aromatic heterocycles. The number of hydrogen-bond acceptors (Lipinski definition) is 3. The van der Waals surface area contributed by atoms with Gasteiger partial charge in [-0.1, -0.05) is 24.3 Å². The zero-order valence-corrected chi connectivity index (χ0v) is 9.27. The number of aliphatic hydroxyl groups is 2. The van der Waals surface area contributed by atoms with E-state index in [1.807, 2.05) is 19.1 Å². The largest absolute Gasteiger partial charge is 0.395 e. The number of nitrogens with one attached hydrogen (secondary N) is 1. The number of benzene rings is 1. The van der Waals surface area contributed by atoms with E-state index in [0.29, 0.717) is 0 Å². The Morgan fingerprint density at radius 1 is 1.20 bits per heavy atom. The van der Waals surface area contributed by atoms with Gasteiger partial charge in [-0.25, -0.2) is 0 Å². The highest BCUT2D eigenvalue weighted by Gasteiger charge is 2.12. The van der Waals surface area contributed by atoms with Gasteiger partial charge >= 0.3 is 0 Å². The van der Waals surface area contributed by atoms with E-state index in [1.54, 1.807) is 0 Å². The maximum atomic E-state index is 8.97. The van der Waals surface area contributed by atoms with Crippen LogP contribution in [0.15, 0.2) is 24.3 Å². The van der Waals surface area contributed by atoms with Crippen LogP contribution in [0.5, 0.6) is 0 Å². The van der Waals surface area contributed by atoms with E-state index >= 15 is 0 Å². The quantitative estimate of drug-likeness (QED) is 0.678. The van der Waals surface area contributed by atoms with E-state index in [4.69, 9.17) is 10.2 Å². The molecule has 0 spiro atoms. The van der Waals surface area contributed by atoms with Gasteiger partial charge in [0.2, 0.25) is 0 Å². The molecule has 0 heterocycles. The van der Waals surface area contributed by atoms with E-state index in [2.05, 4.69) is 24.4 Å². The summed E-state index contributed by atoms with van der Waals surface area (Å²) in [4.78, 5) is 0. The molecule has 0 amide bonds. The van der Waals surface area contributed by atoms with Crippen LogP contribution in [0.3, 0.4) is 0 Å². The van der Waals surface area contributed by atoms with Gasteiger partial charge in [0, 0.05) is 6.04 Å². The molecular formula is C12H19NO2. The molecule has 0 saturated carbocycles. The minimum absolute atomic E-state index is 0.0489. The topological polar surface area (TPSA) is 52.5 Å². The molecule has 1 aromatic carbocycles. The SMILES string of the molecule is Cc1ccccc1C(C)NC(CO)CO. The van der Waals surface area contributed by atoms with Crippen LogP contribution in [-0.4, -0.2) is 29.5 Å². The van der Waals surface area contributed by atoms with Crippen molar-refractivity contribution in [2.24, 2.45) is 0 Å². The molecule has 1 unspecified atom stereocenters. The number of aryl methyl sites for hydroxylation is 1. The van der Waals surface area contributed by atoms with Crippen LogP contribution in [-0.2, 0) is 0 Å². The van der Waals surface area contributed by atoms with E-state index in [-0.39, 0.29) is 25.3 Å². The third kappa shape index (κ3) is 3.30. The van der Waals surface area contributed by atoms with Crippen LogP contribution in [0.4, 0.5) is 0 Å². The predicted molar refractivity (Wildman–Crippen MR) is 60.7 cm³/mol. The van der Waals surface area contributed by atoms with Crippen LogP contribution < -0.4 is 5.32 Å². The first kappa shape index (κ1) is 12.2. The highest BCUT2D eigenvalue weighted by Crippen LogP contribution is 2.16. The van der Waals surface area contributed by atoms with Gasteiger partial charge in [-0.3, -0.25) is 0 Å². The molecule has 0 aliphatic carbocycles. The summed E-state index contributed by atoms with van der Waals surface area (Å²) in [6, 6.07) is 7.99. The van der Waals surface area contributed by atoms with E-state index in [0.717, 1.165) is 0 Å². The molecular weight excluding hydrogens is 190 g/mol. The van der Waals surface area contributed by atoms with E-state index < -0.39 is 0 Å². The Bertz CT molecular complexity index is 297. The fraction of sp³-hybridized carbons (Fsp3) is 0.500. The summed E-state index contributed by atoms with van der Waals surface area (Å²) >= 11 is 0. The maximum Gasteiger partial charge on any atom is 0.0607 e. The van der Waals surface area contributed by atoms with Crippen molar-refractivity contribution < 1.29 is 10.2 Å². The molecule has 0 bridgehead atoms. The second-order valence-corrected chi connectivity index (χ2v) is 3.81. The molecule has 3 heteroatoms. The van der Waals surface area contributed by atoms with Crippen LogP contribution >= 0.6 is 0 Å². The molecule has 3 N–H and O–H groups in total. The lowest BCUT2D eigenvalue weighted by atomic mass is 10.0.